The molecule has 0 unspecified atom stereocenters. The van der Waals surface area contributed by atoms with E-state index >= 15 is 0 Å². The summed E-state index contributed by atoms with van der Waals surface area (Å²) in [7, 11) is 0. The van der Waals surface area contributed by atoms with Crippen LogP contribution in [0.4, 0.5) is 5.69 Å². The number of benzene rings is 2. The fraction of sp³-hybridized carbons (Fsp3) is 0.200. The fourth-order valence-corrected chi connectivity index (χ4v) is 4.66. The van der Waals surface area contributed by atoms with Crippen molar-refractivity contribution in [3.8, 4) is 28.3 Å². The van der Waals surface area contributed by atoms with Crippen LogP contribution in [-0.4, -0.2) is 38.4 Å². The van der Waals surface area contributed by atoms with E-state index in [2.05, 4.69) is 55.4 Å². The summed E-state index contributed by atoms with van der Waals surface area (Å²) < 4.78 is 0. The number of nitrogens with one attached hydrogen (secondary N) is 2. The van der Waals surface area contributed by atoms with Crippen LogP contribution in [0.25, 0.3) is 44.3 Å². The molecule has 2 aromatic carbocycles. The van der Waals surface area contributed by atoms with Gasteiger partial charge in [-0.2, -0.15) is 5.10 Å². The molecule has 154 valence electrons. The zero-order valence-electron chi connectivity index (χ0n) is 17.1. The Balaban J connectivity index is 1.46. The Labute approximate surface area is 179 Å². The minimum absolute atomic E-state index is 0.158. The molecule has 0 radical (unpaired) electrons. The number of aromatic nitrogens is 4. The third-order valence-corrected chi connectivity index (χ3v) is 6.21. The number of aromatic amines is 2. The van der Waals surface area contributed by atoms with Crippen LogP contribution in [0.3, 0.4) is 0 Å². The van der Waals surface area contributed by atoms with Gasteiger partial charge in [-0.05, 0) is 61.2 Å². The molecule has 1 fully saturated rings. The zero-order valence-corrected chi connectivity index (χ0v) is 17.1. The second kappa shape index (κ2) is 7.16. The van der Waals surface area contributed by atoms with Crippen molar-refractivity contribution in [3.05, 3.63) is 60.9 Å². The molecular weight excluding hydrogens is 386 g/mol. The van der Waals surface area contributed by atoms with E-state index in [0.717, 1.165) is 52.0 Å². The third kappa shape index (κ3) is 3.11. The van der Waals surface area contributed by atoms with E-state index in [1.807, 2.05) is 12.1 Å². The largest absolute Gasteiger partial charge is 0.506 e. The summed E-state index contributed by atoms with van der Waals surface area (Å²) in [5.41, 5.74) is 7.15. The van der Waals surface area contributed by atoms with Crippen molar-refractivity contribution in [1.29, 1.82) is 0 Å². The van der Waals surface area contributed by atoms with Gasteiger partial charge in [-0.25, -0.2) is 0 Å². The summed E-state index contributed by atoms with van der Waals surface area (Å²) in [5.74, 6) is 0.158. The van der Waals surface area contributed by atoms with Crippen LogP contribution >= 0.6 is 0 Å². The number of aromatic hydroxyl groups is 1. The number of pyridine rings is 1. The number of nitrogens with zero attached hydrogens (tertiary/aromatic N) is 3. The number of piperidine rings is 1. The molecule has 0 atom stereocenters. The first-order chi connectivity index (χ1) is 15.3. The predicted octanol–water partition coefficient (Wildman–Crippen LogP) is 5.47. The molecule has 0 bridgehead atoms. The van der Waals surface area contributed by atoms with Crippen LogP contribution in [0.15, 0.2) is 60.9 Å². The minimum Gasteiger partial charge on any atom is -0.506 e. The van der Waals surface area contributed by atoms with Gasteiger partial charge in [-0.3, -0.25) is 10.1 Å². The van der Waals surface area contributed by atoms with Crippen molar-refractivity contribution in [2.24, 2.45) is 0 Å². The summed E-state index contributed by atoms with van der Waals surface area (Å²) in [6.07, 6.45) is 7.03. The lowest BCUT2D eigenvalue weighted by atomic mass is 10.0. The van der Waals surface area contributed by atoms with E-state index < -0.39 is 0 Å². The second-order valence-corrected chi connectivity index (χ2v) is 8.23. The van der Waals surface area contributed by atoms with Gasteiger partial charge in [0, 0.05) is 46.8 Å². The molecule has 3 aromatic heterocycles. The molecule has 31 heavy (non-hydrogen) atoms. The number of hydrogen-bond acceptors (Lipinski definition) is 4. The van der Waals surface area contributed by atoms with Gasteiger partial charge in [-0.15, -0.1) is 0 Å². The standard InChI is InChI=1S/C25H23N5O/c31-18-11-17(14-26-15-18)16-7-8-22-20(12-16)25(29-28-22)23-13-19-21(27-23)5-4-6-24(19)30-9-2-1-3-10-30/h4-8,11-15,27,31H,1-3,9-10H2,(H,28,29). The van der Waals surface area contributed by atoms with Gasteiger partial charge < -0.3 is 15.0 Å². The van der Waals surface area contributed by atoms with Gasteiger partial charge in [0.05, 0.1) is 17.4 Å². The lowest BCUT2D eigenvalue weighted by Gasteiger charge is -2.29. The Morgan fingerprint density at radius 2 is 1.74 bits per heavy atom. The molecule has 0 amide bonds. The molecule has 1 saturated heterocycles. The van der Waals surface area contributed by atoms with Gasteiger partial charge in [0.2, 0.25) is 0 Å². The number of rotatable bonds is 3. The quantitative estimate of drug-likeness (QED) is 0.369. The Hall–Kier alpha value is -3.80. The number of H-pyrrole nitrogens is 2. The molecule has 5 aromatic rings. The first-order valence-corrected chi connectivity index (χ1v) is 10.8. The fourth-order valence-electron chi connectivity index (χ4n) is 4.66. The summed E-state index contributed by atoms with van der Waals surface area (Å²) in [6.45, 7) is 2.23. The van der Waals surface area contributed by atoms with E-state index in [1.54, 1.807) is 12.3 Å². The zero-order chi connectivity index (χ0) is 20.8. The summed E-state index contributed by atoms with van der Waals surface area (Å²) in [6, 6.07) is 16.6. The first-order valence-electron chi connectivity index (χ1n) is 10.8. The molecule has 3 N–H and O–H groups in total. The van der Waals surface area contributed by atoms with Crippen molar-refractivity contribution in [3.63, 3.8) is 0 Å². The van der Waals surface area contributed by atoms with E-state index in [-0.39, 0.29) is 5.75 Å². The molecule has 1 aliphatic heterocycles. The molecule has 6 nitrogen and oxygen atoms in total. The number of hydrogen-bond donors (Lipinski definition) is 3. The molecule has 4 heterocycles. The summed E-state index contributed by atoms with van der Waals surface area (Å²) in [5, 5.41) is 19.9. The third-order valence-electron chi connectivity index (χ3n) is 6.21. The molecule has 0 saturated carbocycles. The molecule has 6 heteroatoms. The van der Waals surface area contributed by atoms with Crippen LogP contribution in [0, 0.1) is 0 Å². The van der Waals surface area contributed by atoms with Crippen molar-refractivity contribution in [2.45, 2.75) is 19.3 Å². The van der Waals surface area contributed by atoms with Gasteiger partial charge in [-0.1, -0.05) is 12.1 Å². The van der Waals surface area contributed by atoms with E-state index in [1.165, 1.54) is 36.5 Å². The Morgan fingerprint density at radius 1 is 0.839 bits per heavy atom. The second-order valence-electron chi connectivity index (χ2n) is 8.23. The lowest BCUT2D eigenvalue weighted by molar-refractivity contribution is 0.473. The molecule has 0 spiro atoms. The number of fused-ring (bicyclic) bond motifs is 2. The first kappa shape index (κ1) is 18.0. The van der Waals surface area contributed by atoms with Crippen LogP contribution in [-0.2, 0) is 0 Å². The molecule has 6 rings (SSSR count). The van der Waals surface area contributed by atoms with E-state index in [0.29, 0.717) is 0 Å². The monoisotopic (exact) mass is 409 g/mol. The van der Waals surface area contributed by atoms with Gasteiger partial charge in [0.25, 0.3) is 0 Å². The van der Waals surface area contributed by atoms with Gasteiger partial charge >= 0.3 is 0 Å². The van der Waals surface area contributed by atoms with Crippen molar-refractivity contribution in [2.75, 3.05) is 18.0 Å². The van der Waals surface area contributed by atoms with Crippen LogP contribution in [0.1, 0.15) is 19.3 Å². The highest BCUT2D eigenvalue weighted by atomic mass is 16.3. The highest BCUT2D eigenvalue weighted by Gasteiger charge is 2.17. The topological polar surface area (TPSA) is 80.8 Å². The van der Waals surface area contributed by atoms with E-state index in [9.17, 15) is 5.11 Å². The van der Waals surface area contributed by atoms with E-state index in [4.69, 9.17) is 0 Å². The maximum absolute atomic E-state index is 9.80. The maximum Gasteiger partial charge on any atom is 0.134 e. The highest BCUT2D eigenvalue weighted by molar-refractivity contribution is 6.00. The molecule has 0 aliphatic carbocycles. The smallest absolute Gasteiger partial charge is 0.134 e. The van der Waals surface area contributed by atoms with Crippen molar-refractivity contribution in [1.82, 2.24) is 20.2 Å². The van der Waals surface area contributed by atoms with Crippen LogP contribution < -0.4 is 4.90 Å². The van der Waals surface area contributed by atoms with Crippen LogP contribution in [0.5, 0.6) is 5.75 Å². The normalized spacial score (nSPS) is 14.5. The molecular formula is C25H23N5O. The van der Waals surface area contributed by atoms with Gasteiger partial charge in [0.1, 0.15) is 11.4 Å². The lowest BCUT2D eigenvalue weighted by Crippen LogP contribution is -2.29. The van der Waals surface area contributed by atoms with Crippen molar-refractivity contribution >= 4 is 27.5 Å². The number of anilines is 1. The summed E-state index contributed by atoms with van der Waals surface area (Å²) in [4.78, 5) is 10.2. The predicted molar refractivity (Wildman–Crippen MR) is 124 cm³/mol. The Bertz CT molecular complexity index is 1390. The Kier molecular flexibility index (Phi) is 4.16. The minimum atomic E-state index is 0.158. The average molecular weight is 409 g/mol. The van der Waals surface area contributed by atoms with Crippen molar-refractivity contribution < 1.29 is 5.11 Å². The van der Waals surface area contributed by atoms with Gasteiger partial charge in [0.15, 0.2) is 0 Å². The van der Waals surface area contributed by atoms with Crippen LogP contribution in [0.2, 0.25) is 0 Å². The average Bonchev–Trinajstić information content (AvgIpc) is 3.43. The highest BCUT2D eigenvalue weighted by Crippen LogP contribution is 2.35. The molecule has 1 aliphatic rings. The summed E-state index contributed by atoms with van der Waals surface area (Å²) >= 11 is 0. The Morgan fingerprint density at radius 3 is 2.61 bits per heavy atom. The SMILES string of the molecule is Oc1cncc(-c2ccc3[nH]nc(-c4cc5c(N6CCCCC6)cccc5[nH]4)c3c2)c1. The maximum atomic E-state index is 9.80.